The van der Waals surface area contributed by atoms with Crippen molar-refractivity contribution in [2.24, 2.45) is 0 Å². The minimum Gasteiger partial charge on any atom is -0.469 e. The number of nitriles is 1. The normalized spacial score (nSPS) is 12.7. The van der Waals surface area contributed by atoms with Crippen molar-refractivity contribution in [3.8, 4) is 6.07 Å². The van der Waals surface area contributed by atoms with Crippen molar-refractivity contribution in [3.63, 3.8) is 0 Å². The number of carbonyl (C=O) groups is 1. The van der Waals surface area contributed by atoms with Crippen LogP contribution < -0.4 is 4.72 Å². The molecule has 0 saturated carbocycles. The van der Waals surface area contributed by atoms with E-state index in [1.54, 1.807) is 13.0 Å². The number of nitrogens with one attached hydrogen (secondary N) is 1. The number of hydrogen-bond acceptors (Lipinski definition) is 5. The molecule has 104 valence electrons. The van der Waals surface area contributed by atoms with Gasteiger partial charge in [0.15, 0.2) is 5.25 Å². The van der Waals surface area contributed by atoms with Crippen LogP contribution in [0.3, 0.4) is 0 Å². The summed E-state index contributed by atoms with van der Waals surface area (Å²) in [6, 6.07) is 1.75. The van der Waals surface area contributed by atoms with Gasteiger partial charge < -0.3 is 4.74 Å². The summed E-state index contributed by atoms with van der Waals surface area (Å²) in [5.41, 5.74) is 0. The van der Waals surface area contributed by atoms with E-state index in [0.717, 1.165) is 6.42 Å². The van der Waals surface area contributed by atoms with Crippen LogP contribution in [0.15, 0.2) is 0 Å². The minimum atomic E-state index is -3.53. The lowest BCUT2D eigenvalue weighted by Crippen LogP contribution is -2.33. The lowest BCUT2D eigenvalue weighted by atomic mass is 10.2. The zero-order valence-electron chi connectivity index (χ0n) is 10.8. The second kappa shape index (κ2) is 8.89. The van der Waals surface area contributed by atoms with Crippen LogP contribution in [0, 0.1) is 11.3 Å². The SMILES string of the molecule is CCC(C#N)S(=O)(=O)NCCCCCC(=O)OC. The fraction of sp³-hybridized carbons (Fsp3) is 0.818. The average molecular weight is 276 g/mol. The Labute approximate surface area is 108 Å². The average Bonchev–Trinajstić information content (AvgIpc) is 2.34. The third kappa shape index (κ3) is 6.57. The molecule has 1 N–H and O–H groups in total. The number of sulfonamides is 1. The van der Waals surface area contributed by atoms with Crippen LogP contribution in [0.1, 0.15) is 39.0 Å². The molecule has 0 heterocycles. The van der Waals surface area contributed by atoms with Gasteiger partial charge in [-0.25, -0.2) is 13.1 Å². The molecule has 7 heteroatoms. The van der Waals surface area contributed by atoms with Gasteiger partial charge in [0.05, 0.1) is 13.2 Å². The summed E-state index contributed by atoms with van der Waals surface area (Å²) in [4.78, 5) is 10.8. The van der Waals surface area contributed by atoms with Gasteiger partial charge in [-0.15, -0.1) is 0 Å². The van der Waals surface area contributed by atoms with Crippen LogP contribution in [0.2, 0.25) is 0 Å². The van der Waals surface area contributed by atoms with Crippen LogP contribution in [0.25, 0.3) is 0 Å². The molecule has 0 aromatic rings. The highest BCUT2D eigenvalue weighted by molar-refractivity contribution is 7.90. The molecule has 18 heavy (non-hydrogen) atoms. The lowest BCUT2D eigenvalue weighted by Gasteiger charge is -2.09. The predicted molar refractivity (Wildman–Crippen MR) is 67.1 cm³/mol. The summed E-state index contributed by atoms with van der Waals surface area (Å²) in [6.07, 6.45) is 2.66. The molecule has 0 aliphatic rings. The second-order valence-corrected chi connectivity index (χ2v) is 5.80. The molecule has 0 aliphatic carbocycles. The van der Waals surface area contributed by atoms with Crippen LogP contribution in [-0.4, -0.2) is 33.3 Å². The predicted octanol–water partition coefficient (Wildman–Crippen LogP) is 0.941. The number of esters is 1. The van der Waals surface area contributed by atoms with E-state index in [1.807, 2.05) is 0 Å². The summed E-state index contributed by atoms with van der Waals surface area (Å²) in [6.45, 7) is 1.95. The van der Waals surface area contributed by atoms with Gasteiger partial charge in [0, 0.05) is 13.0 Å². The standard InChI is InChI=1S/C11H20N2O4S/c1-3-10(9-12)18(15,16)13-8-6-4-5-7-11(14)17-2/h10,13H,3-8H2,1-2H3. The third-order valence-electron chi connectivity index (χ3n) is 2.48. The first-order valence-electron chi connectivity index (χ1n) is 5.92. The molecule has 0 amide bonds. The lowest BCUT2D eigenvalue weighted by molar-refractivity contribution is -0.140. The topological polar surface area (TPSA) is 96.3 Å². The summed E-state index contributed by atoms with van der Waals surface area (Å²) in [5.74, 6) is -0.258. The molecule has 0 fully saturated rings. The van der Waals surface area contributed by atoms with Crippen molar-refractivity contribution in [3.05, 3.63) is 0 Å². The highest BCUT2D eigenvalue weighted by Crippen LogP contribution is 2.04. The first kappa shape index (κ1) is 16.9. The van der Waals surface area contributed by atoms with Gasteiger partial charge in [0.1, 0.15) is 0 Å². The molecule has 0 radical (unpaired) electrons. The van der Waals surface area contributed by atoms with E-state index in [2.05, 4.69) is 9.46 Å². The Morgan fingerprint density at radius 1 is 1.39 bits per heavy atom. The van der Waals surface area contributed by atoms with E-state index in [-0.39, 0.29) is 12.4 Å². The number of unbranched alkanes of at least 4 members (excludes halogenated alkanes) is 2. The highest BCUT2D eigenvalue weighted by Gasteiger charge is 2.22. The number of carbonyl (C=O) groups excluding carboxylic acids is 1. The molecule has 1 unspecified atom stereocenters. The van der Waals surface area contributed by atoms with Crippen LogP contribution in [0.4, 0.5) is 0 Å². The Morgan fingerprint density at radius 2 is 2.06 bits per heavy atom. The van der Waals surface area contributed by atoms with Gasteiger partial charge in [0.25, 0.3) is 0 Å². The molecule has 1 atom stereocenters. The quantitative estimate of drug-likeness (QED) is 0.499. The number of ether oxygens (including phenoxy) is 1. The van der Waals surface area contributed by atoms with E-state index in [1.165, 1.54) is 7.11 Å². The maximum absolute atomic E-state index is 11.6. The maximum atomic E-state index is 11.6. The van der Waals surface area contributed by atoms with Crippen LogP contribution in [0.5, 0.6) is 0 Å². The summed E-state index contributed by atoms with van der Waals surface area (Å²) in [5, 5.41) is 7.68. The molecule has 6 nitrogen and oxygen atoms in total. The molecule has 0 aromatic heterocycles. The van der Waals surface area contributed by atoms with Crippen LogP contribution >= 0.6 is 0 Å². The van der Waals surface area contributed by atoms with Gasteiger partial charge in [0.2, 0.25) is 10.0 Å². The van der Waals surface area contributed by atoms with Crippen LogP contribution in [-0.2, 0) is 19.6 Å². The van der Waals surface area contributed by atoms with Crippen molar-refractivity contribution < 1.29 is 17.9 Å². The Hall–Kier alpha value is -1.13. The third-order valence-corrected chi connectivity index (χ3v) is 4.27. The molecular formula is C11H20N2O4S. The number of hydrogen-bond donors (Lipinski definition) is 1. The van der Waals surface area contributed by atoms with Gasteiger partial charge in [-0.2, -0.15) is 5.26 Å². The second-order valence-electron chi connectivity index (χ2n) is 3.85. The summed E-state index contributed by atoms with van der Waals surface area (Å²) >= 11 is 0. The monoisotopic (exact) mass is 276 g/mol. The molecular weight excluding hydrogens is 256 g/mol. The Morgan fingerprint density at radius 3 is 2.56 bits per heavy atom. The van der Waals surface area contributed by atoms with Gasteiger partial charge in [-0.05, 0) is 19.3 Å². The van der Waals surface area contributed by atoms with Crippen molar-refractivity contribution >= 4 is 16.0 Å². The van der Waals surface area contributed by atoms with Gasteiger partial charge in [-0.1, -0.05) is 13.3 Å². The summed E-state index contributed by atoms with van der Waals surface area (Å²) < 4.78 is 30.0. The van der Waals surface area contributed by atoms with Gasteiger partial charge >= 0.3 is 5.97 Å². The Balaban J connectivity index is 3.79. The van der Waals surface area contributed by atoms with Crippen molar-refractivity contribution in [2.75, 3.05) is 13.7 Å². The summed E-state index contributed by atoms with van der Waals surface area (Å²) in [7, 11) is -2.20. The molecule has 0 aliphatic heterocycles. The molecule has 0 bridgehead atoms. The fourth-order valence-corrected chi connectivity index (χ4v) is 2.58. The van der Waals surface area contributed by atoms with E-state index in [9.17, 15) is 13.2 Å². The van der Waals surface area contributed by atoms with E-state index in [4.69, 9.17) is 5.26 Å². The van der Waals surface area contributed by atoms with Crippen molar-refractivity contribution in [1.82, 2.24) is 4.72 Å². The molecule has 0 spiro atoms. The largest absolute Gasteiger partial charge is 0.469 e. The Kier molecular flexibility index (Phi) is 8.33. The van der Waals surface area contributed by atoms with Crippen molar-refractivity contribution in [1.29, 1.82) is 5.26 Å². The zero-order valence-corrected chi connectivity index (χ0v) is 11.6. The highest BCUT2D eigenvalue weighted by atomic mass is 32.2. The smallest absolute Gasteiger partial charge is 0.305 e. The first-order valence-corrected chi connectivity index (χ1v) is 7.47. The van der Waals surface area contributed by atoms with E-state index >= 15 is 0 Å². The molecule has 0 rings (SSSR count). The maximum Gasteiger partial charge on any atom is 0.305 e. The Bertz CT molecular complexity index is 386. The minimum absolute atomic E-state index is 0.258. The number of rotatable bonds is 9. The zero-order chi connectivity index (χ0) is 14.0. The van der Waals surface area contributed by atoms with Crippen molar-refractivity contribution in [2.45, 2.75) is 44.3 Å². The van der Waals surface area contributed by atoms with E-state index in [0.29, 0.717) is 25.8 Å². The first-order chi connectivity index (χ1) is 8.47. The van der Waals surface area contributed by atoms with E-state index < -0.39 is 15.3 Å². The molecule has 0 aromatic carbocycles. The van der Waals surface area contributed by atoms with Gasteiger partial charge in [-0.3, -0.25) is 4.79 Å². The number of nitrogens with zero attached hydrogens (tertiary/aromatic N) is 1. The number of methoxy groups -OCH3 is 1. The molecule has 0 saturated heterocycles. The fourth-order valence-electron chi connectivity index (χ4n) is 1.37.